The molecule has 1 fully saturated rings. The molecule has 7 atom stereocenters. The van der Waals surface area contributed by atoms with Crippen molar-refractivity contribution in [3.05, 3.63) is 60.8 Å². The maximum absolute atomic E-state index is 13.1. The minimum atomic E-state index is -1.58. The van der Waals surface area contributed by atoms with Crippen LogP contribution in [0.1, 0.15) is 341 Å². The SMILES string of the molecule is CCCC/C=C\CCCCCCCC(=O)OCCCCCCCCCCCCCC/C=C\CCCCCCCCCCCCCCCCCCC(=O)NC(COC1OC(CO)C(O)C(O)C1O)C(O)/C=C/CC/C=C/CC/C=C/CCCCCCC. The normalized spacial score (nSPS) is 18.2. The van der Waals surface area contributed by atoms with E-state index < -0.39 is 49.5 Å². The fourth-order valence-electron chi connectivity index (χ4n) is 11.3. The summed E-state index contributed by atoms with van der Waals surface area (Å²) in [7, 11) is 0. The van der Waals surface area contributed by atoms with Crippen molar-refractivity contribution in [3.63, 3.8) is 0 Å². The fourth-order valence-corrected chi connectivity index (χ4v) is 11.3. The third kappa shape index (κ3) is 52.2. The molecule has 1 aliphatic heterocycles. The molecule has 0 radical (unpaired) electrons. The molecule has 0 aromatic heterocycles. The number of carbonyl (C=O) groups is 2. The van der Waals surface area contributed by atoms with Gasteiger partial charge in [0.1, 0.15) is 24.4 Å². The van der Waals surface area contributed by atoms with E-state index in [0.717, 1.165) is 70.6 Å². The summed E-state index contributed by atoms with van der Waals surface area (Å²) in [5.74, 6) is -0.194. The van der Waals surface area contributed by atoms with E-state index in [1.807, 2.05) is 6.08 Å². The zero-order valence-electron chi connectivity index (χ0n) is 55.8. The lowest BCUT2D eigenvalue weighted by Crippen LogP contribution is -2.60. The molecule has 0 aliphatic carbocycles. The van der Waals surface area contributed by atoms with Crippen molar-refractivity contribution in [1.29, 1.82) is 0 Å². The van der Waals surface area contributed by atoms with E-state index in [4.69, 9.17) is 14.2 Å². The predicted molar refractivity (Wildman–Crippen MR) is 361 cm³/mol. The Hall–Kier alpha value is -2.64. The van der Waals surface area contributed by atoms with E-state index in [1.165, 1.54) is 244 Å². The van der Waals surface area contributed by atoms with E-state index >= 15 is 0 Å². The molecule has 11 nitrogen and oxygen atoms in total. The van der Waals surface area contributed by atoms with Crippen LogP contribution in [0.4, 0.5) is 0 Å². The number of ether oxygens (including phenoxy) is 3. The molecule has 6 N–H and O–H groups in total. The number of hydrogen-bond donors (Lipinski definition) is 6. The minimum Gasteiger partial charge on any atom is -0.466 e. The van der Waals surface area contributed by atoms with Crippen LogP contribution in [0.25, 0.3) is 0 Å². The maximum Gasteiger partial charge on any atom is 0.305 e. The number of hydrogen-bond acceptors (Lipinski definition) is 10. The van der Waals surface area contributed by atoms with Gasteiger partial charge in [-0.1, -0.05) is 286 Å². The largest absolute Gasteiger partial charge is 0.466 e. The van der Waals surface area contributed by atoms with Gasteiger partial charge in [0, 0.05) is 12.8 Å². The molecule has 0 bridgehead atoms. The van der Waals surface area contributed by atoms with E-state index in [2.05, 4.69) is 67.8 Å². The van der Waals surface area contributed by atoms with Crippen molar-refractivity contribution in [3.8, 4) is 0 Å². The summed E-state index contributed by atoms with van der Waals surface area (Å²) in [6, 6.07) is -0.834. The first-order chi connectivity index (χ1) is 42.2. The molecule has 1 rings (SSSR count). The fraction of sp³-hybridized carbons (Fsp3) is 0.840. The summed E-state index contributed by atoms with van der Waals surface area (Å²) in [5.41, 5.74) is 0. The topological polar surface area (TPSA) is 175 Å². The molecule has 0 spiro atoms. The van der Waals surface area contributed by atoms with E-state index in [-0.39, 0.29) is 18.5 Å². The van der Waals surface area contributed by atoms with Crippen LogP contribution in [0.2, 0.25) is 0 Å². The third-order valence-electron chi connectivity index (χ3n) is 17.1. The molecule has 502 valence electrons. The van der Waals surface area contributed by atoms with Gasteiger partial charge in [0.2, 0.25) is 5.91 Å². The Kier molecular flexibility index (Phi) is 60.5. The van der Waals surface area contributed by atoms with Crippen molar-refractivity contribution in [2.45, 2.75) is 384 Å². The predicted octanol–water partition coefficient (Wildman–Crippen LogP) is 18.9. The van der Waals surface area contributed by atoms with E-state index in [9.17, 15) is 35.1 Å². The second-order valence-corrected chi connectivity index (χ2v) is 25.3. The van der Waals surface area contributed by atoms with Gasteiger partial charge >= 0.3 is 5.97 Å². The molecular weight excluding hydrogens is 1070 g/mol. The number of amides is 1. The molecular formula is C75H137NO10. The highest BCUT2D eigenvalue weighted by Crippen LogP contribution is 2.23. The van der Waals surface area contributed by atoms with Crippen molar-refractivity contribution >= 4 is 11.9 Å². The summed E-state index contributed by atoms with van der Waals surface area (Å²) < 4.78 is 16.7. The summed E-state index contributed by atoms with van der Waals surface area (Å²) in [6.07, 6.45) is 75.0. The molecule has 7 unspecified atom stereocenters. The molecule has 0 saturated carbocycles. The summed E-state index contributed by atoms with van der Waals surface area (Å²) in [4.78, 5) is 25.1. The van der Waals surface area contributed by atoms with Crippen LogP contribution >= 0.6 is 0 Å². The van der Waals surface area contributed by atoms with Gasteiger partial charge in [-0.15, -0.1) is 0 Å². The van der Waals surface area contributed by atoms with Gasteiger partial charge in [-0.25, -0.2) is 0 Å². The lowest BCUT2D eigenvalue weighted by atomic mass is 9.99. The van der Waals surface area contributed by atoms with E-state index in [0.29, 0.717) is 19.4 Å². The molecule has 1 amide bonds. The molecule has 1 aliphatic rings. The van der Waals surface area contributed by atoms with E-state index in [1.54, 1.807) is 6.08 Å². The number of aliphatic hydroxyl groups excluding tert-OH is 5. The van der Waals surface area contributed by atoms with Gasteiger partial charge in [-0.2, -0.15) is 0 Å². The van der Waals surface area contributed by atoms with Crippen LogP contribution in [0.5, 0.6) is 0 Å². The zero-order chi connectivity index (χ0) is 62.3. The summed E-state index contributed by atoms with van der Waals surface area (Å²) in [5, 5.41) is 54.5. The standard InChI is InChI=1S/C75H137NO10/c1-3-5-7-9-11-13-15-16-35-38-42-45-49-53-57-61-68(78)67(66-85-75-74(83)73(82)72(81)69(65-77)86-75)76-70(79)62-58-54-50-46-43-39-36-33-31-29-27-25-23-21-19-17-18-20-22-24-26-28-30-32-34-37-40-44-48-52-56-60-64-84-71(80)63-59-55-51-47-41-14-12-10-8-6-4-2/h10,12,15-16,20,22,42,45,57,61,67-69,72-75,77-78,81-83H,3-9,11,13-14,17-19,21,23-41,43-44,46-56,58-60,62-66H2,1-2H3,(H,76,79)/b12-10-,16-15+,22-20-,45-42+,61-57+. The first-order valence-corrected chi connectivity index (χ1v) is 36.6. The van der Waals surface area contributed by atoms with Crippen LogP contribution in [0.3, 0.4) is 0 Å². The van der Waals surface area contributed by atoms with Crippen molar-refractivity contribution in [1.82, 2.24) is 5.32 Å². The smallest absolute Gasteiger partial charge is 0.305 e. The number of nitrogens with one attached hydrogen (secondary N) is 1. The molecule has 1 saturated heterocycles. The maximum atomic E-state index is 13.1. The number of aliphatic hydroxyl groups is 5. The summed E-state index contributed by atoms with van der Waals surface area (Å²) >= 11 is 0. The monoisotopic (exact) mass is 1210 g/mol. The quantitative estimate of drug-likeness (QED) is 0.0195. The Morgan fingerprint density at radius 1 is 0.419 bits per heavy atom. The van der Waals surface area contributed by atoms with Crippen LogP contribution < -0.4 is 5.32 Å². The minimum absolute atomic E-state index is 0.00106. The van der Waals surface area contributed by atoms with Gasteiger partial charge in [-0.05, 0) is 103 Å². The average molecular weight is 1210 g/mol. The average Bonchev–Trinajstić information content (AvgIpc) is 2.62. The van der Waals surface area contributed by atoms with Gasteiger partial charge in [0.15, 0.2) is 6.29 Å². The van der Waals surface area contributed by atoms with Crippen LogP contribution in [-0.2, 0) is 23.8 Å². The third-order valence-corrected chi connectivity index (χ3v) is 17.1. The van der Waals surface area contributed by atoms with Gasteiger partial charge < -0.3 is 45.1 Å². The number of allylic oxidation sites excluding steroid dienone is 9. The highest BCUT2D eigenvalue weighted by molar-refractivity contribution is 5.76. The number of unbranched alkanes of at least 4 members (excludes halogenated alkanes) is 42. The van der Waals surface area contributed by atoms with Gasteiger partial charge in [0.25, 0.3) is 0 Å². The lowest BCUT2D eigenvalue weighted by Gasteiger charge is -2.40. The Labute approximate surface area is 528 Å². The number of esters is 1. The van der Waals surface area contributed by atoms with Crippen LogP contribution in [0, 0.1) is 0 Å². The van der Waals surface area contributed by atoms with Crippen LogP contribution in [0.15, 0.2) is 60.8 Å². The lowest BCUT2D eigenvalue weighted by molar-refractivity contribution is -0.302. The summed E-state index contributed by atoms with van der Waals surface area (Å²) in [6.45, 7) is 4.30. The van der Waals surface area contributed by atoms with Crippen molar-refractivity contribution < 1.29 is 49.3 Å². The zero-order valence-corrected chi connectivity index (χ0v) is 55.8. The second kappa shape index (κ2) is 63.9. The highest BCUT2D eigenvalue weighted by atomic mass is 16.7. The molecule has 11 heteroatoms. The van der Waals surface area contributed by atoms with Gasteiger partial charge in [-0.3, -0.25) is 9.59 Å². The molecule has 0 aromatic rings. The van der Waals surface area contributed by atoms with Crippen molar-refractivity contribution in [2.24, 2.45) is 0 Å². The number of carbonyl (C=O) groups excluding carboxylic acids is 2. The number of rotatable bonds is 64. The Balaban J connectivity index is 1.99. The Bertz CT molecular complexity index is 1610. The second-order valence-electron chi connectivity index (χ2n) is 25.3. The van der Waals surface area contributed by atoms with Crippen molar-refractivity contribution in [2.75, 3.05) is 19.8 Å². The first-order valence-electron chi connectivity index (χ1n) is 36.6. The molecule has 1 heterocycles. The first kappa shape index (κ1) is 81.4. The van der Waals surface area contributed by atoms with Crippen LogP contribution in [-0.4, -0.2) is 100 Å². The highest BCUT2D eigenvalue weighted by Gasteiger charge is 2.44. The molecule has 86 heavy (non-hydrogen) atoms. The molecule has 0 aromatic carbocycles. The van der Waals surface area contributed by atoms with Gasteiger partial charge in [0.05, 0.1) is 32.0 Å². The Morgan fingerprint density at radius 2 is 0.767 bits per heavy atom. The Morgan fingerprint density at radius 3 is 1.19 bits per heavy atom.